The van der Waals surface area contributed by atoms with Crippen LogP contribution in [-0.4, -0.2) is 58.3 Å². The third-order valence-corrected chi connectivity index (χ3v) is 2.01. The van der Waals surface area contributed by atoms with Gasteiger partial charge in [-0.3, -0.25) is 4.79 Å². The van der Waals surface area contributed by atoms with Gasteiger partial charge in [0.2, 0.25) is 0 Å². The number of ether oxygens (including phenoxy) is 1. The van der Waals surface area contributed by atoms with Crippen molar-refractivity contribution >= 4 is 11.8 Å². The number of rotatable bonds is 2. The van der Waals surface area contributed by atoms with E-state index in [-0.39, 0.29) is 0 Å². The highest BCUT2D eigenvalue weighted by Crippen LogP contribution is 2.15. The highest BCUT2D eigenvalue weighted by molar-refractivity contribution is 5.89. The first-order chi connectivity index (χ1) is 6.97. The monoisotopic (exact) mass is 220 g/mol. The second-order valence-electron chi connectivity index (χ2n) is 3.08. The first kappa shape index (κ1) is 11.9. The van der Waals surface area contributed by atoms with E-state index < -0.39 is 43.0 Å². The number of aliphatic hydroxyl groups excluding tert-OH is 3. The molecule has 0 unspecified atom stereocenters. The Bertz CT molecular complexity index is 270. The predicted octanol–water partition coefficient (Wildman–Crippen LogP) is -3.34. The standard InChI is InChI=1S/C7H12N2O6/c8-7(14)9-6-5(13)4(12)3(11)2(1-10)15-6/h2-3,5-6,10-11,13H,1H2,(H3,8,9,14)/t2-,3-,5-,6-/m1/s1. The minimum absolute atomic E-state index is 0.615. The number of ketones is 1. The van der Waals surface area contributed by atoms with Gasteiger partial charge in [0, 0.05) is 0 Å². The third kappa shape index (κ3) is 2.42. The van der Waals surface area contributed by atoms with Crippen molar-refractivity contribution in [2.45, 2.75) is 24.5 Å². The average molecular weight is 220 g/mol. The van der Waals surface area contributed by atoms with E-state index in [1.165, 1.54) is 0 Å². The molecule has 2 amide bonds. The van der Waals surface area contributed by atoms with E-state index in [1.54, 1.807) is 0 Å². The molecule has 0 aromatic carbocycles. The van der Waals surface area contributed by atoms with E-state index >= 15 is 0 Å². The van der Waals surface area contributed by atoms with Crippen LogP contribution in [0.3, 0.4) is 0 Å². The minimum atomic E-state index is -1.70. The largest absolute Gasteiger partial charge is 0.394 e. The van der Waals surface area contributed by atoms with Crippen LogP contribution in [0, 0.1) is 0 Å². The minimum Gasteiger partial charge on any atom is -0.394 e. The molecule has 1 aliphatic heterocycles. The highest BCUT2D eigenvalue weighted by atomic mass is 16.5. The fourth-order valence-electron chi connectivity index (χ4n) is 1.24. The summed E-state index contributed by atoms with van der Waals surface area (Å²) in [4.78, 5) is 21.7. The van der Waals surface area contributed by atoms with Crippen LogP contribution in [0.15, 0.2) is 0 Å². The molecular weight excluding hydrogens is 208 g/mol. The van der Waals surface area contributed by atoms with Gasteiger partial charge in [0.25, 0.3) is 0 Å². The van der Waals surface area contributed by atoms with Crippen molar-refractivity contribution in [2.75, 3.05) is 6.61 Å². The summed E-state index contributed by atoms with van der Waals surface area (Å²) in [6.45, 7) is -0.615. The van der Waals surface area contributed by atoms with Crippen molar-refractivity contribution in [3.8, 4) is 0 Å². The summed E-state index contributed by atoms with van der Waals surface area (Å²) in [6, 6.07) is -0.986. The van der Waals surface area contributed by atoms with Crippen LogP contribution in [0.4, 0.5) is 4.79 Å². The van der Waals surface area contributed by atoms with Crippen LogP contribution in [0.2, 0.25) is 0 Å². The summed E-state index contributed by atoms with van der Waals surface area (Å²) >= 11 is 0. The lowest BCUT2D eigenvalue weighted by molar-refractivity contribution is -0.190. The van der Waals surface area contributed by atoms with Gasteiger partial charge in [0.1, 0.15) is 12.2 Å². The molecule has 1 heterocycles. The lowest BCUT2D eigenvalue weighted by Crippen LogP contribution is -2.61. The SMILES string of the molecule is NC(=O)N[C@@H]1O[C@H](CO)[C@@H](O)C(=O)[C@H]1O. The summed E-state index contributed by atoms with van der Waals surface area (Å²) < 4.78 is 4.86. The molecule has 0 radical (unpaired) electrons. The topological polar surface area (TPSA) is 142 Å². The zero-order valence-corrected chi connectivity index (χ0v) is 7.66. The second-order valence-corrected chi connectivity index (χ2v) is 3.08. The molecular formula is C7H12N2O6. The van der Waals surface area contributed by atoms with Crippen LogP contribution in [0.5, 0.6) is 0 Å². The highest BCUT2D eigenvalue weighted by Gasteiger charge is 2.43. The van der Waals surface area contributed by atoms with Gasteiger partial charge in [0.05, 0.1) is 6.61 Å². The Balaban J connectivity index is 2.74. The Hall–Kier alpha value is -1.22. The van der Waals surface area contributed by atoms with Crippen molar-refractivity contribution in [1.82, 2.24) is 5.32 Å². The number of primary amides is 1. The van der Waals surface area contributed by atoms with Gasteiger partial charge in [0.15, 0.2) is 18.1 Å². The van der Waals surface area contributed by atoms with Gasteiger partial charge in [-0.2, -0.15) is 0 Å². The molecule has 0 aromatic heterocycles. The summed E-state index contributed by atoms with van der Waals surface area (Å²) in [5.41, 5.74) is 4.78. The Kier molecular flexibility index (Phi) is 3.58. The molecule has 1 saturated heterocycles. The predicted molar refractivity (Wildman–Crippen MR) is 45.5 cm³/mol. The molecule has 1 rings (SSSR count). The lowest BCUT2D eigenvalue weighted by Gasteiger charge is -2.34. The van der Waals surface area contributed by atoms with E-state index in [4.69, 9.17) is 15.6 Å². The van der Waals surface area contributed by atoms with E-state index in [2.05, 4.69) is 0 Å². The number of aliphatic hydroxyl groups is 3. The first-order valence-corrected chi connectivity index (χ1v) is 4.19. The summed E-state index contributed by atoms with van der Waals surface area (Å²) in [6.07, 6.45) is -5.85. The smallest absolute Gasteiger partial charge is 0.314 e. The molecule has 0 saturated carbocycles. The number of carbonyl (C=O) groups is 2. The molecule has 86 valence electrons. The molecule has 1 aliphatic rings. The number of amides is 2. The van der Waals surface area contributed by atoms with Crippen molar-refractivity contribution in [3.05, 3.63) is 0 Å². The van der Waals surface area contributed by atoms with Crippen molar-refractivity contribution in [2.24, 2.45) is 5.73 Å². The van der Waals surface area contributed by atoms with Crippen LogP contribution in [-0.2, 0) is 9.53 Å². The maximum absolute atomic E-state index is 11.2. The number of urea groups is 1. The molecule has 6 N–H and O–H groups in total. The Morgan fingerprint density at radius 1 is 1.47 bits per heavy atom. The zero-order chi connectivity index (χ0) is 11.6. The number of hydrogen-bond donors (Lipinski definition) is 5. The van der Waals surface area contributed by atoms with E-state index in [0.717, 1.165) is 0 Å². The van der Waals surface area contributed by atoms with Gasteiger partial charge in [-0.15, -0.1) is 0 Å². The number of nitrogens with one attached hydrogen (secondary N) is 1. The van der Waals surface area contributed by atoms with Crippen molar-refractivity contribution < 1.29 is 29.6 Å². The van der Waals surface area contributed by atoms with Gasteiger partial charge in [-0.1, -0.05) is 0 Å². The van der Waals surface area contributed by atoms with Crippen molar-refractivity contribution in [1.29, 1.82) is 0 Å². The fourth-order valence-corrected chi connectivity index (χ4v) is 1.24. The maximum Gasteiger partial charge on any atom is 0.314 e. The second kappa shape index (κ2) is 4.53. The Morgan fingerprint density at radius 2 is 2.07 bits per heavy atom. The van der Waals surface area contributed by atoms with E-state index in [1.807, 2.05) is 5.32 Å². The first-order valence-electron chi connectivity index (χ1n) is 4.19. The van der Waals surface area contributed by atoms with Gasteiger partial charge in [-0.05, 0) is 0 Å². The Labute approximate surface area is 84.6 Å². The number of hydrogen-bond acceptors (Lipinski definition) is 6. The third-order valence-electron chi connectivity index (χ3n) is 2.01. The molecule has 0 bridgehead atoms. The maximum atomic E-state index is 11.2. The van der Waals surface area contributed by atoms with Crippen molar-refractivity contribution in [3.63, 3.8) is 0 Å². The summed E-state index contributed by atoms with van der Waals surface area (Å²) in [7, 11) is 0. The lowest BCUT2D eigenvalue weighted by atomic mass is 10.0. The van der Waals surface area contributed by atoms with Gasteiger partial charge < -0.3 is 31.1 Å². The van der Waals surface area contributed by atoms with Crippen LogP contribution < -0.4 is 11.1 Å². The molecule has 15 heavy (non-hydrogen) atoms. The normalized spacial score (nSPS) is 36.3. The molecule has 8 heteroatoms. The quantitative estimate of drug-likeness (QED) is 0.329. The van der Waals surface area contributed by atoms with E-state index in [9.17, 15) is 19.8 Å². The Morgan fingerprint density at radius 3 is 2.53 bits per heavy atom. The average Bonchev–Trinajstić information content (AvgIpc) is 2.18. The molecule has 0 aromatic rings. The molecule has 8 nitrogen and oxygen atoms in total. The molecule has 1 fully saturated rings. The summed E-state index contributed by atoms with van der Waals surface area (Å²) in [5, 5.41) is 29.2. The van der Waals surface area contributed by atoms with Gasteiger partial charge in [-0.25, -0.2) is 4.79 Å². The van der Waals surface area contributed by atoms with Gasteiger partial charge >= 0.3 is 6.03 Å². The summed E-state index contributed by atoms with van der Waals surface area (Å²) in [5.74, 6) is -0.931. The van der Waals surface area contributed by atoms with Crippen LogP contribution in [0.25, 0.3) is 0 Å². The fraction of sp³-hybridized carbons (Fsp3) is 0.714. The molecule has 0 spiro atoms. The van der Waals surface area contributed by atoms with E-state index in [0.29, 0.717) is 0 Å². The molecule has 0 aliphatic carbocycles. The number of Topliss-reactive ketones (excluding diaryl/α,β-unsaturated/α-hetero) is 1. The van der Waals surface area contributed by atoms with Crippen LogP contribution in [0.1, 0.15) is 0 Å². The number of carbonyl (C=O) groups excluding carboxylic acids is 2. The molecule has 4 atom stereocenters. The number of nitrogens with two attached hydrogens (primary N) is 1. The van der Waals surface area contributed by atoms with Crippen LogP contribution >= 0.6 is 0 Å². The zero-order valence-electron chi connectivity index (χ0n) is 7.66.